The molecule has 0 saturated carbocycles. The van der Waals surface area contributed by atoms with Crippen molar-refractivity contribution in [2.24, 2.45) is 0 Å². The Morgan fingerprint density at radius 1 is 0.368 bits per heavy atom. The molecule has 0 aliphatic carbocycles. The average Bonchev–Trinajstić information content (AvgIpc) is 3.42. The van der Waals surface area contributed by atoms with Gasteiger partial charge in [-0.05, 0) is 89.9 Å². The number of amides is 1. The van der Waals surface area contributed by atoms with E-state index in [1.54, 1.807) is 6.08 Å². The maximum Gasteiger partial charge on any atom is 0.305 e. The molecule has 0 radical (unpaired) electrons. The lowest BCUT2D eigenvalue weighted by Crippen LogP contribution is -2.45. The van der Waals surface area contributed by atoms with Crippen molar-refractivity contribution >= 4 is 11.9 Å². The van der Waals surface area contributed by atoms with Crippen molar-refractivity contribution in [3.05, 3.63) is 48.6 Å². The van der Waals surface area contributed by atoms with Gasteiger partial charge >= 0.3 is 5.97 Å². The van der Waals surface area contributed by atoms with Crippen LogP contribution in [0.3, 0.4) is 0 Å². The summed E-state index contributed by atoms with van der Waals surface area (Å²) in [7, 11) is 0. The summed E-state index contributed by atoms with van der Waals surface area (Å²) in [6, 6.07) is -0.637. The van der Waals surface area contributed by atoms with Crippen LogP contribution in [0, 0.1) is 0 Å². The monoisotopic (exact) mass is 1070 g/mol. The van der Waals surface area contributed by atoms with E-state index in [1.807, 2.05) is 6.08 Å². The first-order valence-electron chi connectivity index (χ1n) is 33.9. The van der Waals surface area contributed by atoms with Crippen LogP contribution in [0.5, 0.6) is 0 Å². The Labute approximate surface area is 474 Å². The van der Waals surface area contributed by atoms with Crippen molar-refractivity contribution in [3.8, 4) is 0 Å². The van der Waals surface area contributed by atoms with Gasteiger partial charge < -0.3 is 20.3 Å². The molecule has 1 amide bonds. The predicted molar refractivity (Wildman–Crippen MR) is 333 cm³/mol. The SMILES string of the molecule is CCCCCCCCC/C=C\CCCCCCCCCC(=O)OCCCCCCCCCCC/C=C\C/C=C\CCCCCCCCCC(=O)NC(CO)C(O)/C=C/CCCCCCCCCCCCCCCCCC. The van der Waals surface area contributed by atoms with E-state index in [-0.39, 0.29) is 18.5 Å². The summed E-state index contributed by atoms with van der Waals surface area (Å²) in [5, 5.41) is 23.2. The number of nitrogens with one attached hydrogen (secondary N) is 1. The van der Waals surface area contributed by atoms with Gasteiger partial charge in [0.2, 0.25) is 5.91 Å². The Morgan fingerprint density at radius 3 is 1.01 bits per heavy atom. The van der Waals surface area contributed by atoms with E-state index in [4.69, 9.17) is 4.74 Å². The van der Waals surface area contributed by atoms with E-state index in [0.29, 0.717) is 19.4 Å². The highest BCUT2D eigenvalue weighted by molar-refractivity contribution is 5.76. The van der Waals surface area contributed by atoms with Crippen LogP contribution in [0.15, 0.2) is 48.6 Å². The molecule has 0 aromatic carbocycles. The van der Waals surface area contributed by atoms with Crippen LogP contribution in [0.25, 0.3) is 0 Å². The normalized spacial score (nSPS) is 12.8. The zero-order valence-electron chi connectivity index (χ0n) is 51.0. The molecule has 446 valence electrons. The molecular weight excluding hydrogens is 935 g/mol. The molecule has 0 heterocycles. The number of carbonyl (C=O) groups is 2. The van der Waals surface area contributed by atoms with Crippen LogP contribution in [-0.2, 0) is 14.3 Å². The number of carbonyl (C=O) groups excluding carboxylic acids is 2. The fourth-order valence-electron chi connectivity index (χ4n) is 10.4. The third-order valence-corrected chi connectivity index (χ3v) is 15.6. The van der Waals surface area contributed by atoms with Gasteiger partial charge in [-0.25, -0.2) is 0 Å². The molecule has 2 unspecified atom stereocenters. The van der Waals surface area contributed by atoms with Gasteiger partial charge in [0.25, 0.3) is 0 Å². The van der Waals surface area contributed by atoms with Crippen molar-refractivity contribution in [3.63, 3.8) is 0 Å². The van der Waals surface area contributed by atoms with Crippen LogP contribution < -0.4 is 5.32 Å². The molecule has 0 aromatic rings. The van der Waals surface area contributed by atoms with Gasteiger partial charge in [0, 0.05) is 12.8 Å². The largest absolute Gasteiger partial charge is 0.466 e. The summed E-state index contributed by atoms with van der Waals surface area (Å²) < 4.78 is 5.49. The minimum atomic E-state index is -0.852. The molecule has 76 heavy (non-hydrogen) atoms. The Balaban J connectivity index is 3.46. The third kappa shape index (κ3) is 61.0. The Hall–Kier alpha value is -2.18. The number of unbranched alkanes of at least 4 members (excludes halogenated alkanes) is 46. The first kappa shape index (κ1) is 73.8. The maximum absolute atomic E-state index is 12.5. The lowest BCUT2D eigenvalue weighted by atomic mass is 10.0. The van der Waals surface area contributed by atoms with Crippen LogP contribution in [0.4, 0.5) is 0 Å². The molecule has 0 aromatic heterocycles. The van der Waals surface area contributed by atoms with Crippen LogP contribution in [-0.4, -0.2) is 47.4 Å². The van der Waals surface area contributed by atoms with Gasteiger partial charge in [-0.3, -0.25) is 9.59 Å². The molecule has 0 aliphatic rings. The Kier molecular flexibility index (Phi) is 63.5. The Bertz CT molecular complexity index is 1270. The highest BCUT2D eigenvalue weighted by atomic mass is 16.5. The van der Waals surface area contributed by atoms with Crippen molar-refractivity contribution in [2.75, 3.05) is 13.2 Å². The molecule has 0 bridgehead atoms. The zero-order chi connectivity index (χ0) is 55.0. The summed E-state index contributed by atoms with van der Waals surface area (Å²) in [5.74, 6) is -0.0728. The van der Waals surface area contributed by atoms with Crippen LogP contribution >= 0.6 is 0 Å². The molecule has 0 spiro atoms. The van der Waals surface area contributed by atoms with Gasteiger partial charge in [0.15, 0.2) is 0 Å². The molecule has 0 fully saturated rings. The fraction of sp³-hybridized carbons (Fsp3) is 0.857. The van der Waals surface area contributed by atoms with E-state index in [0.717, 1.165) is 64.2 Å². The molecule has 2 atom stereocenters. The highest BCUT2D eigenvalue weighted by Gasteiger charge is 2.18. The van der Waals surface area contributed by atoms with E-state index >= 15 is 0 Å². The third-order valence-electron chi connectivity index (χ3n) is 15.6. The van der Waals surface area contributed by atoms with E-state index in [2.05, 4.69) is 55.6 Å². The van der Waals surface area contributed by atoms with Crippen molar-refractivity contribution in [1.29, 1.82) is 0 Å². The molecular formula is C70H131NO5. The molecule has 3 N–H and O–H groups in total. The van der Waals surface area contributed by atoms with E-state index in [9.17, 15) is 19.8 Å². The van der Waals surface area contributed by atoms with E-state index < -0.39 is 12.1 Å². The number of esters is 1. The number of aliphatic hydroxyl groups excluding tert-OH is 2. The fourth-order valence-corrected chi connectivity index (χ4v) is 10.4. The van der Waals surface area contributed by atoms with Gasteiger partial charge in [0.1, 0.15) is 0 Å². The lowest BCUT2D eigenvalue weighted by molar-refractivity contribution is -0.143. The second kappa shape index (κ2) is 65.3. The van der Waals surface area contributed by atoms with Crippen molar-refractivity contribution < 1.29 is 24.5 Å². The number of hydrogen-bond acceptors (Lipinski definition) is 5. The minimum absolute atomic E-state index is 0.00373. The van der Waals surface area contributed by atoms with Crippen molar-refractivity contribution in [1.82, 2.24) is 5.32 Å². The quantitative estimate of drug-likeness (QED) is 0.0320. The summed E-state index contributed by atoms with van der Waals surface area (Å²) in [6.45, 7) is 4.91. The lowest BCUT2D eigenvalue weighted by Gasteiger charge is -2.20. The summed E-state index contributed by atoms with van der Waals surface area (Å²) >= 11 is 0. The van der Waals surface area contributed by atoms with Crippen LogP contribution in [0.1, 0.15) is 361 Å². The number of hydrogen-bond donors (Lipinski definition) is 3. The molecule has 0 aliphatic heterocycles. The number of allylic oxidation sites excluding steroid dienone is 7. The van der Waals surface area contributed by atoms with Crippen molar-refractivity contribution in [2.45, 2.75) is 373 Å². The van der Waals surface area contributed by atoms with Gasteiger partial charge in [0.05, 0.1) is 25.4 Å². The van der Waals surface area contributed by atoms with E-state index in [1.165, 1.54) is 270 Å². The minimum Gasteiger partial charge on any atom is -0.466 e. The Morgan fingerprint density at radius 2 is 0.658 bits per heavy atom. The van der Waals surface area contributed by atoms with Gasteiger partial charge in [-0.15, -0.1) is 0 Å². The standard InChI is InChI=1S/C70H131NO5/c1-3-5-7-9-11-13-15-17-19-21-30-34-38-42-46-50-54-58-62-68(73)67(66-72)71-69(74)63-59-55-51-47-43-39-35-31-28-26-24-23-25-27-29-33-37-41-45-49-53-57-61-65-76-70(75)64-60-56-52-48-44-40-36-32-22-20-18-16-14-12-10-8-6-4-2/h20,22-23,25-26,28,58,62,67-68,72-73H,3-19,21,24,27,29-57,59-61,63-66H2,1-2H3,(H,71,74)/b22-20-,25-23-,28-26-,62-58+. The predicted octanol–water partition coefficient (Wildman–Crippen LogP) is 21.7. The number of rotatable bonds is 63. The smallest absolute Gasteiger partial charge is 0.305 e. The van der Waals surface area contributed by atoms with Crippen LogP contribution in [0.2, 0.25) is 0 Å². The van der Waals surface area contributed by atoms with Gasteiger partial charge in [-0.2, -0.15) is 0 Å². The summed E-state index contributed by atoms with van der Waals surface area (Å²) in [6.07, 6.45) is 84.5. The maximum atomic E-state index is 12.5. The molecule has 0 saturated heterocycles. The zero-order valence-corrected chi connectivity index (χ0v) is 51.0. The molecule has 6 heteroatoms. The first-order valence-corrected chi connectivity index (χ1v) is 33.9. The second-order valence-electron chi connectivity index (χ2n) is 23.1. The number of aliphatic hydroxyl groups is 2. The summed E-state index contributed by atoms with van der Waals surface area (Å²) in [5.41, 5.74) is 0. The number of ether oxygens (including phenoxy) is 1. The molecule has 6 nitrogen and oxygen atoms in total. The molecule has 0 rings (SSSR count). The highest BCUT2D eigenvalue weighted by Crippen LogP contribution is 2.17. The topological polar surface area (TPSA) is 95.9 Å². The second-order valence-corrected chi connectivity index (χ2v) is 23.1. The van der Waals surface area contributed by atoms with Gasteiger partial charge in [-0.1, -0.05) is 306 Å². The first-order chi connectivity index (χ1) is 37.5. The summed E-state index contributed by atoms with van der Waals surface area (Å²) in [4.78, 5) is 24.6. The average molecular weight is 1070 g/mol.